The van der Waals surface area contributed by atoms with Gasteiger partial charge in [-0.3, -0.25) is 4.79 Å². The number of nitrogens with one attached hydrogen (secondary N) is 1. The number of halogens is 1. The summed E-state index contributed by atoms with van der Waals surface area (Å²) in [4.78, 5) is 14.1. The van der Waals surface area contributed by atoms with Crippen LogP contribution in [0, 0.1) is 6.92 Å². The van der Waals surface area contributed by atoms with Crippen LogP contribution in [0.5, 0.6) is 0 Å². The molecule has 1 saturated heterocycles. The van der Waals surface area contributed by atoms with E-state index < -0.39 is 0 Å². The highest BCUT2D eigenvalue weighted by Gasteiger charge is 2.21. The number of piperidine rings is 1. The molecule has 0 spiro atoms. The lowest BCUT2D eigenvalue weighted by Gasteiger charge is -2.31. The molecule has 1 aliphatic rings. The molecule has 1 heterocycles. The van der Waals surface area contributed by atoms with Crippen molar-refractivity contribution < 1.29 is 4.79 Å². The molecular weight excluding hydrogens is 260 g/mol. The Bertz CT molecular complexity index is 397. The Labute approximate surface area is 121 Å². The van der Waals surface area contributed by atoms with E-state index in [1.807, 2.05) is 24.1 Å². The third kappa shape index (κ3) is 4.51. The lowest BCUT2D eigenvalue weighted by atomic mass is 10.0. The van der Waals surface area contributed by atoms with Gasteiger partial charge in [0.05, 0.1) is 6.42 Å². The van der Waals surface area contributed by atoms with Crippen LogP contribution in [0.15, 0.2) is 24.3 Å². The smallest absolute Gasteiger partial charge is 0.226 e. The first-order chi connectivity index (χ1) is 8.69. The molecule has 4 heteroatoms. The van der Waals surface area contributed by atoms with Crippen LogP contribution in [-0.4, -0.2) is 37.0 Å². The van der Waals surface area contributed by atoms with Crippen molar-refractivity contribution in [3.05, 3.63) is 35.4 Å². The van der Waals surface area contributed by atoms with Gasteiger partial charge in [-0.15, -0.1) is 12.4 Å². The predicted octanol–water partition coefficient (Wildman–Crippen LogP) is 2.17. The summed E-state index contributed by atoms with van der Waals surface area (Å²) in [5, 5.41) is 3.28. The van der Waals surface area contributed by atoms with Crippen LogP contribution >= 0.6 is 12.4 Å². The number of likely N-dealkylation sites (tertiary alicyclic amines) is 1. The lowest BCUT2D eigenvalue weighted by Crippen LogP contribution is -2.44. The fraction of sp³-hybridized carbons (Fsp3) is 0.533. The minimum absolute atomic E-state index is 0. The van der Waals surface area contributed by atoms with Crippen molar-refractivity contribution in [1.29, 1.82) is 0 Å². The first-order valence-corrected chi connectivity index (χ1v) is 6.69. The van der Waals surface area contributed by atoms with Gasteiger partial charge in [0.1, 0.15) is 0 Å². The molecule has 3 nitrogen and oxygen atoms in total. The van der Waals surface area contributed by atoms with E-state index in [-0.39, 0.29) is 18.3 Å². The average Bonchev–Trinajstić information content (AvgIpc) is 2.41. The van der Waals surface area contributed by atoms with E-state index in [9.17, 15) is 4.79 Å². The number of benzene rings is 1. The summed E-state index contributed by atoms with van der Waals surface area (Å²) >= 11 is 0. The van der Waals surface area contributed by atoms with Crippen molar-refractivity contribution in [3.8, 4) is 0 Å². The van der Waals surface area contributed by atoms with Crippen molar-refractivity contribution in [2.45, 2.75) is 32.2 Å². The highest BCUT2D eigenvalue weighted by atomic mass is 35.5. The zero-order valence-electron chi connectivity index (χ0n) is 11.7. The van der Waals surface area contributed by atoms with Crippen LogP contribution in [0.25, 0.3) is 0 Å². The zero-order valence-corrected chi connectivity index (χ0v) is 12.5. The molecule has 0 aliphatic carbocycles. The molecule has 1 aromatic rings. The second kappa shape index (κ2) is 7.51. The Morgan fingerprint density at radius 2 is 1.84 bits per heavy atom. The van der Waals surface area contributed by atoms with Crippen molar-refractivity contribution in [3.63, 3.8) is 0 Å². The highest BCUT2D eigenvalue weighted by Crippen LogP contribution is 2.12. The standard InChI is InChI=1S/C15H22N2O.ClH/c1-12-3-5-13(6-4-12)11-15(18)17-9-7-14(16-2)8-10-17;/h3-6,14,16H,7-11H2,1-2H3;1H. The summed E-state index contributed by atoms with van der Waals surface area (Å²) < 4.78 is 0. The number of carbonyl (C=O) groups is 1. The van der Waals surface area contributed by atoms with Crippen LogP contribution in [0.1, 0.15) is 24.0 Å². The van der Waals surface area contributed by atoms with E-state index >= 15 is 0 Å². The third-order valence-electron chi connectivity index (χ3n) is 3.73. The summed E-state index contributed by atoms with van der Waals surface area (Å²) in [6.45, 7) is 3.83. The van der Waals surface area contributed by atoms with Gasteiger partial charge in [-0.2, -0.15) is 0 Å². The monoisotopic (exact) mass is 282 g/mol. The average molecular weight is 283 g/mol. The molecule has 0 unspecified atom stereocenters. The normalized spacial score (nSPS) is 16.0. The van der Waals surface area contributed by atoms with Gasteiger partial charge in [0.2, 0.25) is 5.91 Å². The number of aryl methyl sites for hydroxylation is 1. The summed E-state index contributed by atoms with van der Waals surface area (Å²) in [7, 11) is 1.99. The second-order valence-corrected chi connectivity index (χ2v) is 5.11. The number of nitrogens with zero attached hydrogens (tertiary/aromatic N) is 1. The molecule has 1 N–H and O–H groups in total. The van der Waals surface area contributed by atoms with Crippen molar-refractivity contribution in [2.75, 3.05) is 20.1 Å². The summed E-state index contributed by atoms with van der Waals surface area (Å²) in [5.41, 5.74) is 2.35. The fourth-order valence-electron chi connectivity index (χ4n) is 2.41. The van der Waals surface area contributed by atoms with Crippen LogP contribution < -0.4 is 5.32 Å². The van der Waals surface area contributed by atoms with Gasteiger partial charge < -0.3 is 10.2 Å². The quantitative estimate of drug-likeness (QED) is 0.922. The summed E-state index contributed by atoms with van der Waals surface area (Å²) in [5.74, 6) is 0.258. The summed E-state index contributed by atoms with van der Waals surface area (Å²) in [6.07, 6.45) is 2.66. The van der Waals surface area contributed by atoms with Gasteiger partial charge in [0, 0.05) is 19.1 Å². The minimum atomic E-state index is 0. The Hall–Kier alpha value is -1.06. The van der Waals surface area contributed by atoms with Gasteiger partial charge >= 0.3 is 0 Å². The van der Waals surface area contributed by atoms with E-state index in [0.717, 1.165) is 31.5 Å². The Balaban J connectivity index is 0.00000180. The maximum absolute atomic E-state index is 12.2. The molecule has 1 aromatic carbocycles. The zero-order chi connectivity index (χ0) is 13.0. The molecular formula is C15H23ClN2O. The largest absolute Gasteiger partial charge is 0.342 e. The summed E-state index contributed by atoms with van der Waals surface area (Å²) in [6, 6.07) is 8.81. The molecule has 0 bridgehead atoms. The first-order valence-electron chi connectivity index (χ1n) is 6.69. The number of hydrogen-bond acceptors (Lipinski definition) is 2. The number of amides is 1. The third-order valence-corrected chi connectivity index (χ3v) is 3.73. The van der Waals surface area contributed by atoms with Crippen LogP contribution in [0.2, 0.25) is 0 Å². The van der Waals surface area contributed by atoms with E-state index in [1.54, 1.807) is 0 Å². The van der Waals surface area contributed by atoms with E-state index in [0.29, 0.717) is 12.5 Å². The number of hydrogen-bond donors (Lipinski definition) is 1. The minimum Gasteiger partial charge on any atom is -0.342 e. The van der Waals surface area contributed by atoms with E-state index in [1.165, 1.54) is 5.56 Å². The number of carbonyl (C=O) groups excluding carboxylic acids is 1. The molecule has 0 saturated carbocycles. The Morgan fingerprint density at radius 3 is 2.37 bits per heavy atom. The van der Waals surface area contributed by atoms with Gasteiger partial charge in [0.15, 0.2) is 0 Å². The molecule has 1 fully saturated rings. The molecule has 1 amide bonds. The first kappa shape index (κ1) is 16.0. The van der Waals surface area contributed by atoms with Gasteiger partial charge in [-0.25, -0.2) is 0 Å². The molecule has 0 atom stereocenters. The number of rotatable bonds is 3. The van der Waals surface area contributed by atoms with Crippen LogP contribution in [0.4, 0.5) is 0 Å². The fourth-order valence-corrected chi connectivity index (χ4v) is 2.41. The molecule has 0 radical (unpaired) electrons. The van der Waals surface area contributed by atoms with Crippen molar-refractivity contribution in [1.82, 2.24) is 10.2 Å². The van der Waals surface area contributed by atoms with Crippen LogP contribution in [0.3, 0.4) is 0 Å². The van der Waals surface area contributed by atoms with Crippen LogP contribution in [-0.2, 0) is 11.2 Å². The maximum Gasteiger partial charge on any atom is 0.226 e. The van der Waals surface area contributed by atoms with E-state index in [2.05, 4.69) is 24.4 Å². The highest BCUT2D eigenvalue weighted by molar-refractivity contribution is 5.85. The second-order valence-electron chi connectivity index (χ2n) is 5.11. The Morgan fingerprint density at radius 1 is 1.26 bits per heavy atom. The topological polar surface area (TPSA) is 32.3 Å². The van der Waals surface area contributed by atoms with E-state index in [4.69, 9.17) is 0 Å². The molecule has 1 aliphatic heterocycles. The molecule has 2 rings (SSSR count). The van der Waals surface area contributed by atoms with Gasteiger partial charge in [-0.1, -0.05) is 29.8 Å². The van der Waals surface area contributed by atoms with Gasteiger partial charge in [-0.05, 0) is 32.4 Å². The van der Waals surface area contributed by atoms with Crippen molar-refractivity contribution in [2.24, 2.45) is 0 Å². The predicted molar refractivity (Wildman–Crippen MR) is 80.8 cm³/mol. The lowest BCUT2D eigenvalue weighted by molar-refractivity contribution is -0.131. The molecule has 0 aromatic heterocycles. The van der Waals surface area contributed by atoms with Crippen molar-refractivity contribution >= 4 is 18.3 Å². The molecule has 106 valence electrons. The maximum atomic E-state index is 12.2. The SMILES string of the molecule is CNC1CCN(C(=O)Cc2ccc(C)cc2)CC1.Cl. The Kier molecular flexibility index (Phi) is 6.32. The van der Waals surface area contributed by atoms with Gasteiger partial charge in [0.25, 0.3) is 0 Å². The molecule has 19 heavy (non-hydrogen) atoms.